The number of carbonyl (C=O) groups excluding carboxylic acids is 1. The third kappa shape index (κ3) is 4.87. The van der Waals surface area contributed by atoms with Crippen molar-refractivity contribution in [3.63, 3.8) is 0 Å². The van der Waals surface area contributed by atoms with Gasteiger partial charge in [0.05, 0.1) is 12.4 Å². The van der Waals surface area contributed by atoms with Crippen molar-refractivity contribution in [1.29, 1.82) is 0 Å². The molecule has 0 aliphatic carbocycles. The van der Waals surface area contributed by atoms with Gasteiger partial charge in [-0.15, -0.1) is 20.4 Å². The Labute approximate surface area is 171 Å². The molecule has 1 atom stereocenters. The van der Waals surface area contributed by atoms with E-state index in [0.29, 0.717) is 11.6 Å². The number of thioether (sulfide) groups is 1. The smallest absolute Gasteiger partial charge is 0.239 e. The van der Waals surface area contributed by atoms with Gasteiger partial charge in [0, 0.05) is 13.0 Å². The minimum Gasteiger partial charge on any atom is -0.497 e. The van der Waals surface area contributed by atoms with E-state index in [-0.39, 0.29) is 11.2 Å². The number of hydrogen-bond acceptors (Lipinski definition) is 8. The molecule has 1 unspecified atom stereocenters. The molecule has 0 saturated heterocycles. The summed E-state index contributed by atoms with van der Waals surface area (Å²) in [6.07, 6.45) is 0.663. The number of ether oxygens (including phenoxy) is 1. The number of nitrogens with zero attached hydrogens (tertiary/aromatic N) is 5. The highest BCUT2D eigenvalue weighted by atomic mass is 32.2. The molecule has 10 heteroatoms. The normalized spacial score (nSPS) is 12.0. The molecule has 0 saturated carbocycles. The third-order valence-corrected chi connectivity index (χ3v) is 5.87. The second kappa shape index (κ2) is 9.16. The molecular formula is C18H22N6O2S2. The molecule has 0 bridgehead atoms. The van der Waals surface area contributed by atoms with Gasteiger partial charge in [-0.3, -0.25) is 10.1 Å². The molecular weight excluding hydrogens is 396 g/mol. The lowest BCUT2D eigenvalue weighted by molar-refractivity contribution is -0.115. The van der Waals surface area contributed by atoms with Crippen molar-refractivity contribution in [2.24, 2.45) is 0 Å². The molecule has 28 heavy (non-hydrogen) atoms. The summed E-state index contributed by atoms with van der Waals surface area (Å²) in [4.78, 5) is 12.4. The molecule has 0 aliphatic rings. The molecule has 2 aromatic heterocycles. The summed E-state index contributed by atoms with van der Waals surface area (Å²) in [7, 11) is 1.65. The molecule has 1 N–H and O–H groups in total. The van der Waals surface area contributed by atoms with Gasteiger partial charge in [-0.1, -0.05) is 35.2 Å². The molecule has 1 amide bonds. The van der Waals surface area contributed by atoms with Gasteiger partial charge in [0.15, 0.2) is 5.16 Å². The molecule has 0 fully saturated rings. The van der Waals surface area contributed by atoms with Crippen molar-refractivity contribution in [3.8, 4) is 5.75 Å². The fourth-order valence-electron chi connectivity index (χ4n) is 2.55. The van der Waals surface area contributed by atoms with E-state index in [1.165, 1.54) is 23.1 Å². The van der Waals surface area contributed by atoms with Crippen LogP contribution in [0, 0.1) is 6.92 Å². The van der Waals surface area contributed by atoms with Gasteiger partial charge >= 0.3 is 0 Å². The van der Waals surface area contributed by atoms with Crippen LogP contribution >= 0.6 is 23.1 Å². The number of carbonyl (C=O) groups is 1. The Balaban J connectivity index is 1.67. The van der Waals surface area contributed by atoms with Crippen molar-refractivity contribution >= 4 is 34.1 Å². The minimum absolute atomic E-state index is 0.136. The lowest BCUT2D eigenvalue weighted by atomic mass is 10.1. The van der Waals surface area contributed by atoms with E-state index in [1.54, 1.807) is 7.11 Å². The van der Waals surface area contributed by atoms with Crippen LogP contribution in [-0.2, 0) is 17.8 Å². The average molecular weight is 419 g/mol. The van der Waals surface area contributed by atoms with Crippen LogP contribution < -0.4 is 10.1 Å². The fraction of sp³-hybridized carbons (Fsp3) is 0.389. The second-order valence-electron chi connectivity index (χ2n) is 6.04. The predicted octanol–water partition coefficient (Wildman–Crippen LogP) is 3.18. The minimum atomic E-state index is -0.340. The van der Waals surface area contributed by atoms with Crippen molar-refractivity contribution in [1.82, 2.24) is 25.0 Å². The van der Waals surface area contributed by atoms with Gasteiger partial charge in [-0.05, 0) is 38.5 Å². The van der Waals surface area contributed by atoms with Gasteiger partial charge in [-0.25, -0.2) is 0 Å². The molecule has 2 heterocycles. The van der Waals surface area contributed by atoms with E-state index in [0.717, 1.165) is 33.8 Å². The van der Waals surface area contributed by atoms with E-state index >= 15 is 0 Å². The van der Waals surface area contributed by atoms with Gasteiger partial charge in [0.2, 0.25) is 11.0 Å². The number of rotatable bonds is 8. The molecule has 0 aliphatic heterocycles. The van der Waals surface area contributed by atoms with E-state index in [1.807, 2.05) is 49.6 Å². The first-order valence-electron chi connectivity index (χ1n) is 8.82. The van der Waals surface area contributed by atoms with Gasteiger partial charge < -0.3 is 9.30 Å². The summed E-state index contributed by atoms with van der Waals surface area (Å²) >= 11 is 2.73. The van der Waals surface area contributed by atoms with Crippen LogP contribution in [0.3, 0.4) is 0 Å². The van der Waals surface area contributed by atoms with Crippen LogP contribution in [0.4, 0.5) is 5.13 Å². The van der Waals surface area contributed by atoms with Crippen LogP contribution in [0.1, 0.15) is 30.2 Å². The maximum Gasteiger partial charge on any atom is 0.239 e. The molecule has 8 nitrogen and oxygen atoms in total. The Bertz CT molecular complexity index is 938. The van der Waals surface area contributed by atoms with E-state index in [9.17, 15) is 4.79 Å². The van der Waals surface area contributed by atoms with Gasteiger partial charge in [0.1, 0.15) is 16.6 Å². The Morgan fingerprint density at radius 3 is 2.61 bits per heavy atom. The quantitative estimate of drug-likeness (QED) is 0.561. The van der Waals surface area contributed by atoms with Crippen LogP contribution in [0.2, 0.25) is 0 Å². The maximum absolute atomic E-state index is 12.4. The Morgan fingerprint density at radius 2 is 2.00 bits per heavy atom. The number of amides is 1. The van der Waals surface area contributed by atoms with Crippen molar-refractivity contribution in [2.45, 2.75) is 44.1 Å². The van der Waals surface area contributed by atoms with Crippen LogP contribution in [0.5, 0.6) is 5.75 Å². The zero-order valence-corrected chi connectivity index (χ0v) is 17.8. The summed E-state index contributed by atoms with van der Waals surface area (Å²) in [5.74, 6) is 1.55. The first kappa shape index (κ1) is 20.3. The van der Waals surface area contributed by atoms with Crippen LogP contribution in [0.25, 0.3) is 0 Å². The van der Waals surface area contributed by atoms with Gasteiger partial charge in [-0.2, -0.15) is 0 Å². The van der Waals surface area contributed by atoms with E-state index < -0.39 is 0 Å². The third-order valence-electron chi connectivity index (χ3n) is 4.04. The molecule has 3 aromatic rings. The highest BCUT2D eigenvalue weighted by molar-refractivity contribution is 8.00. The maximum atomic E-state index is 12.4. The number of benzene rings is 1. The number of aromatic nitrogens is 5. The summed E-state index contributed by atoms with van der Waals surface area (Å²) < 4.78 is 7.23. The average Bonchev–Trinajstić information content (AvgIpc) is 3.27. The number of anilines is 1. The number of nitrogens with one attached hydrogen (secondary N) is 1. The van der Waals surface area contributed by atoms with E-state index in [2.05, 4.69) is 25.7 Å². The molecule has 1 aromatic carbocycles. The summed E-state index contributed by atoms with van der Waals surface area (Å²) in [5, 5.41) is 21.0. The van der Waals surface area contributed by atoms with Crippen molar-refractivity contribution in [3.05, 3.63) is 40.7 Å². The SMILES string of the molecule is CCn1c(Cc2ccc(OC)cc2)nnc1SC(C)C(=O)Nc1nnc(C)s1. The molecule has 0 spiro atoms. The highest BCUT2D eigenvalue weighted by Gasteiger charge is 2.21. The summed E-state index contributed by atoms with van der Waals surface area (Å²) in [6.45, 7) is 6.45. The summed E-state index contributed by atoms with van der Waals surface area (Å²) in [6, 6.07) is 7.89. The molecule has 0 radical (unpaired) electrons. The first-order valence-corrected chi connectivity index (χ1v) is 10.5. The second-order valence-corrected chi connectivity index (χ2v) is 8.53. The Kier molecular flexibility index (Phi) is 6.63. The zero-order valence-electron chi connectivity index (χ0n) is 16.2. The summed E-state index contributed by atoms with van der Waals surface area (Å²) in [5.41, 5.74) is 1.12. The first-order chi connectivity index (χ1) is 13.5. The predicted molar refractivity (Wildman–Crippen MR) is 110 cm³/mol. The van der Waals surface area contributed by atoms with Crippen LogP contribution in [0.15, 0.2) is 29.4 Å². The Hall–Kier alpha value is -2.46. The van der Waals surface area contributed by atoms with Gasteiger partial charge in [0.25, 0.3) is 0 Å². The van der Waals surface area contributed by atoms with Crippen molar-refractivity contribution < 1.29 is 9.53 Å². The largest absolute Gasteiger partial charge is 0.497 e. The molecule has 3 rings (SSSR count). The van der Waals surface area contributed by atoms with E-state index in [4.69, 9.17) is 4.74 Å². The number of hydrogen-bond donors (Lipinski definition) is 1. The molecule has 148 valence electrons. The lowest BCUT2D eigenvalue weighted by Crippen LogP contribution is -2.23. The lowest BCUT2D eigenvalue weighted by Gasteiger charge is -2.11. The fourth-order valence-corrected chi connectivity index (χ4v) is 4.07. The monoisotopic (exact) mass is 418 g/mol. The standard InChI is InChI=1S/C18H22N6O2S2/c1-5-24-15(10-13-6-8-14(26-4)9-7-13)21-23-18(24)27-11(2)16(25)19-17-22-20-12(3)28-17/h6-9,11H,5,10H2,1-4H3,(H,19,22,25). The topological polar surface area (TPSA) is 94.8 Å². The number of aryl methyl sites for hydroxylation is 1. The van der Waals surface area contributed by atoms with Crippen LogP contribution in [-0.4, -0.2) is 43.2 Å². The number of methoxy groups -OCH3 is 1. The Morgan fingerprint density at radius 1 is 1.25 bits per heavy atom. The zero-order chi connectivity index (χ0) is 20.1. The van der Waals surface area contributed by atoms with Crippen molar-refractivity contribution in [2.75, 3.05) is 12.4 Å². The highest BCUT2D eigenvalue weighted by Crippen LogP contribution is 2.25.